The molecule has 1 aliphatic rings. The third kappa shape index (κ3) is 3.91. The van der Waals surface area contributed by atoms with E-state index in [1.54, 1.807) is 12.1 Å². The highest BCUT2D eigenvalue weighted by Gasteiger charge is 2.29. The zero-order valence-electron chi connectivity index (χ0n) is 11.5. The molecule has 19 heavy (non-hydrogen) atoms. The minimum atomic E-state index is -0.181. The van der Waals surface area contributed by atoms with E-state index in [9.17, 15) is 4.39 Å². The van der Waals surface area contributed by atoms with Crippen molar-refractivity contribution < 1.29 is 9.13 Å². The molecule has 1 fully saturated rings. The smallest absolute Gasteiger partial charge is 0.126 e. The van der Waals surface area contributed by atoms with Gasteiger partial charge < -0.3 is 10.1 Å². The Kier molecular flexibility index (Phi) is 5.20. The highest BCUT2D eigenvalue weighted by atomic mass is 35.5. The molecule has 1 aromatic carbocycles. The van der Waals surface area contributed by atoms with E-state index in [1.807, 2.05) is 0 Å². The van der Waals surface area contributed by atoms with Crippen LogP contribution in [0.5, 0.6) is 0 Å². The van der Waals surface area contributed by atoms with Gasteiger partial charge in [-0.15, -0.1) is 0 Å². The Morgan fingerprint density at radius 1 is 1.53 bits per heavy atom. The van der Waals surface area contributed by atoms with Gasteiger partial charge in [0.15, 0.2) is 0 Å². The fourth-order valence-corrected chi connectivity index (χ4v) is 2.93. The summed E-state index contributed by atoms with van der Waals surface area (Å²) in [6.45, 7) is 5.78. The number of hydrogen-bond acceptors (Lipinski definition) is 2. The molecule has 0 bridgehead atoms. The second-order valence-corrected chi connectivity index (χ2v) is 5.68. The van der Waals surface area contributed by atoms with E-state index in [2.05, 4.69) is 19.2 Å². The monoisotopic (exact) mass is 285 g/mol. The van der Waals surface area contributed by atoms with E-state index in [0.717, 1.165) is 19.6 Å². The molecule has 0 saturated carbocycles. The molecule has 1 saturated heterocycles. The van der Waals surface area contributed by atoms with Gasteiger partial charge in [-0.1, -0.05) is 18.5 Å². The summed E-state index contributed by atoms with van der Waals surface area (Å²) >= 11 is 5.95. The highest BCUT2D eigenvalue weighted by Crippen LogP contribution is 2.26. The van der Waals surface area contributed by atoms with Crippen LogP contribution in [0.25, 0.3) is 0 Å². The van der Waals surface area contributed by atoms with Crippen molar-refractivity contribution in [3.05, 3.63) is 34.6 Å². The lowest BCUT2D eigenvalue weighted by Gasteiger charge is -2.23. The van der Waals surface area contributed by atoms with Gasteiger partial charge in [0.25, 0.3) is 0 Å². The summed E-state index contributed by atoms with van der Waals surface area (Å²) in [6, 6.07) is 4.99. The molecule has 0 aliphatic carbocycles. The van der Waals surface area contributed by atoms with Gasteiger partial charge >= 0.3 is 0 Å². The van der Waals surface area contributed by atoms with Crippen LogP contribution in [0.4, 0.5) is 4.39 Å². The molecule has 1 heterocycles. The van der Waals surface area contributed by atoms with Crippen LogP contribution in [0.2, 0.25) is 5.02 Å². The summed E-state index contributed by atoms with van der Waals surface area (Å²) in [4.78, 5) is 0. The van der Waals surface area contributed by atoms with Gasteiger partial charge in [-0.25, -0.2) is 4.39 Å². The Hall–Kier alpha value is -0.640. The summed E-state index contributed by atoms with van der Waals surface area (Å²) in [5.41, 5.74) is 0.679. The second-order valence-electron chi connectivity index (χ2n) is 5.24. The molecule has 0 radical (unpaired) electrons. The van der Waals surface area contributed by atoms with Gasteiger partial charge in [0.1, 0.15) is 5.82 Å². The molecule has 0 amide bonds. The van der Waals surface area contributed by atoms with Crippen molar-refractivity contribution in [2.45, 2.75) is 38.8 Å². The Morgan fingerprint density at radius 3 is 2.95 bits per heavy atom. The summed E-state index contributed by atoms with van der Waals surface area (Å²) < 4.78 is 19.4. The Balaban J connectivity index is 2.09. The average Bonchev–Trinajstić information content (AvgIpc) is 2.80. The van der Waals surface area contributed by atoms with Crippen LogP contribution in [0.3, 0.4) is 0 Å². The van der Waals surface area contributed by atoms with Crippen LogP contribution in [0.15, 0.2) is 18.2 Å². The number of benzene rings is 1. The van der Waals surface area contributed by atoms with E-state index >= 15 is 0 Å². The number of hydrogen-bond donors (Lipinski definition) is 1. The van der Waals surface area contributed by atoms with Gasteiger partial charge in [-0.05, 0) is 50.1 Å². The molecule has 1 N–H and O–H groups in total. The predicted molar refractivity (Wildman–Crippen MR) is 76.1 cm³/mol. The lowest BCUT2D eigenvalue weighted by atomic mass is 9.91. The molecule has 0 spiro atoms. The molecular weight excluding hydrogens is 265 g/mol. The van der Waals surface area contributed by atoms with E-state index in [-0.39, 0.29) is 11.9 Å². The van der Waals surface area contributed by atoms with Crippen LogP contribution in [0, 0.1) is 11.7 Å². The first-order valence-electron chi connectivity index (χ1n) is 6.89. The first-order valence-corrected chi connectivity index (χ1v) is 7.26. The quantitative estimate of drug-likeness (QED) is 0.895. The van der Waals surface area contributed by atoms with Crippen molar-refractivity contribution in [3.8, 4) is 0 Å². The maximum Gasteiger partial charge on any atom is 0.126 e. The molecule has 2 rings (SSSR count). The summed E-state index contributed by atoms with van der Waals surface area (Å²) in [5, 5.41) is 4.04. The van der Waals surface area contributed by atoms with Crippen molar-refractivity contribution >= 4 is 11.6 Å². The van der Waals surface area contributed by atoms with Gasteiger partial charge in [-0.3, -0.25) is 0 Å². The van der Waals surface area contributed by atoms with Crippen molar-refractivity contribution in [1.29, 1.82) is 0 Å². The van der Waals surface area contributed by atoms with Crippen LogP contribution in [-0.2, 0) is 11.2 Å². The van der Waals surface area contributed by atoms with Gasteiger partial charge in [-0.2, -0.15) is 0 Å². The molecule has 1 aromatic rings. The average molecular weight is 286 g/mol. The molecule has 1 aliphatic heterocycles. The first-order chi connectivity index (χ1) is 9.10. The molecule has 106 valence electrons. The number of rotatable bonds is 5. The van der Waals surface area contributed by atoms with Gasteiger partial charge in [0, 0.05) is 17.0 Å². The number of ether oxygens (including phenoxy) is 1. The van der Waals surface area contributed by atoms with Gasteiger partial charge in [0.05, 0.1) is 12.7 Å². The SMILES string of the molecule is CCNC(Cc1cc(Cl)ccc1F)C1COC(C)C1. The fourth-order valence-electron chi connectivity index (χ4n) is 2.74. The van der Waals surface area contributed by atoms with E-state index < -0.39 is 0 Å². The maximum atomic E-state index is 13.8. The maximum absolute atomic E-state index is 13.8. The van der Waals surface area contributed by atoms with Crippen molar-refractivity contribution in [1.82, 2.24) is 5.32 Å². The lowest BCUT2D eigenvalue weighted by molar-refractivity contribution is 0.117. The third-order valence-corrected chi connectivity index (χ3v) is 3.95. The molecule has 0 aromatic heterocycles. The van der Waals surface area contributed by atoms with E-state index in [4.69, 9.17) is 16.3 Å². The van der Waals surface area contributed by atoms with E-state index in [1.165, 1.54) is 6.07 Å². The van der Waals surface area contributed by atoms with Crippen LogP contribution in [-0.4, -0.2) is 25.3 Å². The number of likely N-dealkylation sites (N-methyl/N-ethyl adjacent to an activating group) is 1. The normalized spacial score (nSPS) is 24.6. The minimum absolute atomic E-state index is 0.181. The second kappa shape index (κ2) is 6.69. The van der Waals surface area contributed by atoms with Gasteiger partial charge in [0.2, 0.25) is 0 Å². The Bertz CT molecular complexity index is 427. The Labute approximate surface area is 119 Å². The molecule has 4 heteroatoms. The van der Waals surface area contributed by atoms with E-state index in [0.29, 0.717) is 29.0 Å². The molecule has 2 nitrogen and oxygen atoms in total. The van der Waals surface area contributed by atoms with Crippen LogP contribution < -0.4 is 5.32 Å². The first kappa shape index (κ1) is 14.8. The standard InChI is InChI=1S/C15H21ClFNO/c1-3-18-15(12-6-10(2)19-9-12)8-11-7-13(16)4-5-14(11)17/h4-5,7,10,12,15,18H,3,6,8-9H2,1-2H3. The van der Waals surface area contributed by atoms with Crippen molar-refractivity contribution in [2.75, 3.05) is 13.2 Å². The Morgan fingerprint density at radius 2 is 2.32 bits per heavy atom. The lowest BCUT2D eigenvalue weighted by Crippen LogP contribution is -2.38. The molecule has 3 atom stereocenters. The highest BCUT2D eigenvalue weighted by molar-refractivity contribution is 6.30. The molecule has 3 unspecified atom stereocenters. The topological polar surface area (TPSA) is 21.3 Å². The summed E-state index contributed by atoms with van der Waals surface area (Å²) in [5.74, 6) is 0.257. The zero-order valence-corrected chi connectivity index (χ0v) is 12.2. The third-order valence-electron chi connectivity index (χ3n) is 3.71. The molecular formula is C15H21ClFNO. The fraction of sp³-hybridized carbons (Fsp3) is 0.600. The minimum Gasteiger partial charge on any atom is -0.378 e. The summed E-state index contributed by atoms with van der Waals surface area (Å²) in [6.07, 6.45) is 1.98. The predicted octanol–water partition coefficient (Wildman–Crippen LogP) is 3.42. The van der Waals surface area contributed by atoms with Crippen LogP contribution >= 0.6 is 11.6 Å². The van der Waals surface area contributed by atoms with Crippen LogP contribution in [0.1, 0.15) is 25.8 Å². The summed E-state index contributed by atoms with van der Waals surface area (Å²) in [7, 11) is 0. The van der Waals surface area contributed by atoms with Crippen molar-refractivity contribution in [3.63, 3.8) is 0 Å². The largest absolute Gasteiger partial charge is 0.378 e. The van der Waals surface area contributed by atoms with Crippen molar-refractivity contribution in [2.24, 2.45) is 5.92 Å². The number of halogens is 2. The zero-order chi connectivity index (χ0) is 13.8. The number of nitrogens with one attached hydrogen (secondary N) is 1.